The SMILES string of the molecule is CC[C@H](C)c1ccccc1N1C[C@@H](C(=O)Nc2ccc3nc(C)sc3c2)CC1=O. The first-order chi connectivity index (χ1) is 14.0. The topological polar surface area (TPSA) is 62.3 Å². The number of amides is 2. The Labute approximate surface area is 174 Å². The van der Waals surface area contributed by atoms with Crippen LogP contribution >= 0.6 is 11.3 Å². The van der Waals surface area contributed by atoms with Crippen LogP contribution in [-0.2, 0) is 9.59 Å². The Kier molecular flexibility index (Phi) is 5.37. The first-order valence-electron chi connectivity index (χ1n) is 10.0. The molecule has 0 spiro atoms. The molecule has 0 radical (unpaired) electrons. The summed E-state index contributed by atoms with van der Waals surface area (Å²) in [4.78, 5) is 31.8. The summed E-state index contributed by atoms with van der Waals surface area (Å²) < 4.78 is 1.05. The number of carbonyl (C=O) groups excluding carboxylic acids is 2. The molecule has 1 aliphatic rings. The van der Waals surface area contributed by atoms with E-state index in [1.54, 1.807) is 16.2 Å². The van der Waals surface area contributed by atoms with Crippen LogP contribution in [0.3, 0.4) is 0 Å². The van der Waals surface area contributed by atoms with Crippen LogP contribution in [0.5, 0.6) is 0 Å². The lowest BCUT2D eigenvalue weighted by Gasteiger charge is -2.23. The second kappa shape index (κ2) is 7.95. The highest BCUT2D eigenvalue weighted by Crippen LogP contribution is 2.34. The molecular weight excluding hydrogens is 382 g/mol. The molecule has 5 nitrogen and oxygen atoms in total. The van der Waals surface area contributed by atoms with Crippen LogP contribution in [0.25, 0.3) is 10.2 Å². The summed E-state index contributed by atoms with van der Waals surface area (Å²) in [5, 5.41) is 3.99. The maximum absolute atomic E-state index is 12.9. The van der Waals surface area contributed by atoms with Crippen molar-refractivity contribution in [2.75, 3.05) is 16.8 Å². The number of aromatic nitrogens is 1. The van der Waals surface area contributed by atoms with Crippen molar-refractivity contribution in [1.29, 1.82) is 0 Å². The van der Waals surface area contributed by atoms with Gasteiger partial charge in [0.2, 0.25) is 11.8 Å². The minimum Gasteiger partial charge on any atom is -0.326 e. The van der Waals surface area contributed by atoms with Crippen molar-refractivity contribution in [3.63, 3.8) is 0 Å². The van der Waals surface area contributed by atoms with Crippen LogP contribution in [0.4, 0.5) is 11.4 Å². The van der Waals surface area contributed by atoms with Gasteiger partial charge in [0.15, 0.2) is 0 Å². The van der Waals surface area contributed by atoms with Crippen molar-refractivity contribution in [3.8, 4) is 0 Å². The fourth-order valence-electron chi connectivity index (χ4n) is 3.85. The molecule has 1 aromatic heterocycles. The number of carbonyl (C=O) groups is 2. The van der Waals surface area contributed by atoms with E-state index < -0.39 is 0 Å². The van der Waals surface area contributed by atoms with Gasteiger partial charge in [-0.3, -0.25) is 9.59 Å². The van der Waals surface area contributed by atoms with E-state index in [4.69, 9.17) is 0 Å². The van der Waals surface area contributed by atoms with Crippen molar-refractivity contribution in [1.82, 2.24) is 4.98 Å². The van der Waals surface area contributed by atoms with Crippen LogP contribution in [0.15, 0.2) is 42.5 Å². The first kappa shape index (κ1) is 19.6. The molecule has 29 heavy (non-hydrogen) atoms. The molecule has 2 heterocycles. The average molecular weight is 408 g/mol. The highest BCUT2D eigenvalue weighted by atomic mass is 32.1. The number of benzene rings is 2. The average Bonchev–Trinajstić information content (AvgIpc) is 3.28. The fourth-order valence-corrected chi connectivity index (χ4v) is 4.71. The fraction of sp³-hybridized carbons (Fsp3) is 0.348. The number of hydrogen-bond donors (Lipinski definition) is 1. The molecule has 0 bridgehead atoms. The van der Waals surface area contributed by atoms with Gasteiger partial charge >= 0.3 is 0 Å². The lowest BCUT2D eigenvalue weighted by Crippen LogP contribution is -2.29. The van der Waals surface area contributed by atoms with Gasteiger partial charge < -0.3 is 10.2 Å². The smallest absolute Gasteiger partial charge is 0.229 e. The molecule has 1 aliphatic heterocycles. The van der Waals surface area contributed by atoms with Gasteiger partial charge in [-0.2, -0.15) is 0 Å². The largest absolute Gasteiger partial charge is 0.326 e. The normalized spacial score (nSPS) is 17.7. The molecular formula is C23H25N3O2S. The minimum atomic E-state index is -0.355. The quantitative estimate of drug-likeness (QED) is 0.639. The molecule has 1 N–H and O–H groups in total. The van der Waals surface area contributed by atoms with Crippen LogP contribution in [-0.4, -0.2) is 23.3 Å². The molecule has 1 saturated heterocycles. The van der Waals surface area contributed by atoms with Gasteiger partial charge in [0.1, 0.15) is 0 Å². The number of nitrogens with zero attached hydrogens (tertiary/aromatic N) is 2. The molecule has 2 amide bonds. The van der Waals surface area contributed by atoms with E-state index in [2.05, 4.69) is 30.2 Å². The predicted molar refractivity (Wildman–Crippen MR) is 119 cm³/mol. The van der Waals surface area contributed by atoms with Crippen molar-refractivity contribution in [2.24, 2.45) is 5.92 Å². The third-order valence-electron chi connectivity index (χ3n) is 5.63. The Bertz CT molecular complexity index is 1070. The van der Waals surface area contributed by atoms with E-state index >= 15 is 0 Å². The molecule has 0 aliphatic carbocycles. The van der Waals surface area contributed by atoms with E-state index in [0.29, 0.717) is 12.5 Å². The Balaban J connectivity index is 1.51. The van der Waals surface area contributed by atoms with E-state index in [1.165, 1.54) is 0 Å². The number of thiazole rings is 1. The second-order valence-corrected chi connectivity index (χ2v) is 8.91. The van der Waals surface area contributed by atoms with Crippen molar-refractivity contribution in [3.05, 3.63) is 53.0 Å². The van der Waals surface area contributed by atoms with Crippen LogP contribution in [0.1, 0.15) is 43.2 Å². The number of nitrogens with one attached hydrogen (secondary N) is 1. The zero-order valence-electron chi connectivity index (χ0n) is 16.9. The maximum Gasteiger partial charge on any atom is 0.229 e. The number of fused-ring (bicyclic) bond motifs is 1. The van der Waals surface area contributed by atoms with Gasteiger partial charge in [-0.1, -0.05) is 32.0 Å². The highest BCUT2D eigenvalue weighted by Gasteiger charge is 2.36. The molecule has 6 heteroatoms. The Morgan fingerprint density at radius 3 is 2.90 bits per heavy atom. The summed E-state index contributed by atoms with van der Waals surface area (Å²) in [6, 6.07) is 13.8. The Hall–Kier alpha value is -2.73. The zero-order chi connectivity index (χ0) is 20.5. The van der Waals surface area contributed by atoms with E-state index in [0.717, 1.165) is 38.6 Å². The van der Waals surface area contributed by atoms with Gasteiger partial charge in [-0.25, -0.2) is 4.98 Å². The summed E-state index contributed by atoms with van der Waals surface area (Å²) in [5.74, 6) is -0.0928. The van der Waals surface area contributed by atoms with E-state index in [-0.39, 0.29) is 24.2 Å². The Morgan fingerprint density at radius 2 is 2.10 bits per heavy atom. The standard InChI is InChI=1S/C23H25N3O2S/c1-4-14(2)18-7-5-6-8-20(18)26-13-16(11-22(26)27)23(28)25-17-9-10-19-21(12-17)29-15(3)24-19/h5-10,12,14,16H,4,11,13H2,1-3H3,(H,25,28)/t14-,16-/m0/s1. The summed E-state index contributed by atoms with van der Waals surface area (Å²) in [7, 11) is 0. The number of anilines is 2. The molecule has 1 fully saturated rings. The lowest BCUT2D eigenvalue weighted by molar-refractivity contribution is -0.122. The van der Waals surface area contributed by atoms with E-state index in [9.17, 15) is 9.59 Å². The highest BCUT2D eigenvalue weighted by molar-refractivity contribution is 7.18. The molecule has 150 valence electrons. The monoisotopic (exact) mass is 407 g/mol. The molecule has 4 rings (SSSR count). The first-order valence-corrected chi connectivity index (χ1v) is 10.8. The predicted octanol–water partition coefficient (Wildman–Crippen LogP) is 5.11. The molecule has 2 aromatic carbocycles. The van der Waals surface area contributed by atoms with Gasteiger partial charge in [-0.05, 0) is 49.1 Å². The molecule has 3 aromatic rings. The molecule has 2 atom stereocenters. The maximum atomic E-state index is 12.9. The number of aryl methyl sites for hydroxylation is 1. The summed E-state index contributed by atoms with van der Waals surface area (Å²) in [6.45, 7) is 6.70. The lowest BCUT2D eigenvalue weighted by atomic mass is 9.96. The van der Waals surface area contributed by atoms with Gasteiger partial charge in [0.25, 0.3) is 0 Å². The summed E-state index contributed by atoms with van der Waals surface area (Å²) >= 11 is 1.61. The minimum absolute atomic E-state index is 0.00874. The summed E-state index contributed by atoms with van der Waals surface area (Å²) in [5.41, 5.74) is 3.78. The zero-order valence-corrected chi connectivity index (χ0v) is 17.8. The molecule has 0 saturated carbocycles. The number of para-hydroxylation sites is 1. The van der Waals surface area contributed by atoms with E-state index in [1.807, 2.05) is 43.3 Å². The van der Waals surface area contributed by atoms with Crippen molar-refractivity contribution in [2.45, 2.75) is 39.5 Å². The van der Waals surface area contributed by atoms with Gasteiger partial charge in [0, 0.05) is 24.3 Å². The van der Waals surface area contributed by atoms with Crippen molar-refractivity contribution < 1.29 is 9.59 Å². The third kappa shape index (κ3) is 3.90. The number of hydrogen-bond acceptors (Lipinski definition) is 4. The van der Waals surface area contributed by atoms with Crippen LogP contribution in [0.2, 0.25) is 0 Å². The third-order valence-corrected chi connectivity index (χ3v) is 6.56. The number of rotatable bonds is 5. The van der Waals surface area contributed by atoms with Crippen molar-refractivity contribution >= 4 is 44.7 Å². The van der Waals surface area contributed by atoms with Gasteiger partial charge in [0.05, 0.1) is 21.1 Å². The van der Waals surface area contributed by atoms with Gasteiger partial charge in [-0.15, -0.1) is 11.3 Å². The molecule has 0 unspecified atom stereocenters. The summed E-state index contributed by atoms with van der Waals surface area (Å²) in [6.07, 6.45) is 1.24. The second-order valence-electron chi connectivity index (χ2n) is 7.68. The van der Waals surface area contributed by atoms with Crippen LogP contribution < -0.4 is 10.2 Å². The Morgan fingerprint density at radius 1 is 1.31 bits per heavy atom. The van der Waals surface area contributed by atoms with Crippen LogP contribution in [0, 0.1) is 12.8 Å².